The Morgan fingerprint density at radius 1 is 1.23 bits per heavy atom. The predicted octanol–water partition coefficient (Wildman–Crippen LogP) is -0.394. The van der Waals surface area contributed by atoms with E-state index in [1.807, 2.05) is 0 Å². The average Bonchev–Trinajstić information content (AvgIpc) is 3.10. The van der Waals surface area contributed by atoms with Crippen molar-refractivity contribution in [3.63, 3.8) is 0 Å². The van der Waals surface area contributed by atoms with Gasteiger partial charge in [-0.1, -0.05) is 0 Å². The lowest BCUT2D eigenvalue weighted by Gasteiger charge is -2.14. The third-order valence-corrected chi connectivity index (χ3v) is 4.02. The number of nitrogens with zero attached hydrogens (tertiary/aromatic N) is 4. The number of rotatable bonds is 4. The van der Waals surface area contributed by atoms with Crippen LogP contribution in [0.25, 0.3) is 16.9 Å². The van der Waals surface area contributed by atoms with E-state index in [1.54, 1.807) is 31.4 Å². The van der Waals surface area contributed by atoms with E-state index in [9.17, 15) is 9.59 Å². The Balaban J connectivity index is 2.01. The first-order chi connectivity index (χ1) is 12.3. The minimum absolute atomic E-state index is 0.189. The third kappa shape index (κ3) is 2.82. The summed E-state index contributed by atoms with van der Waals surface area (Å²) in [6.07, 6.45) is 1.46. The largest absolute Gasteiger partial charge is 0.497 e. The molecule has 2 aromatic heterocycles. The third-order valence-electron chi connectivity index (χ3n) is 4.02. The molecule has 3 rings (SSSR count). The van der Waals surface area contributed by atoms with Crippen molar-refractivity contribution in [3.05, 3.63) is 57.1 Å². The number of hydrogen-bond acceptors (Lipinski definition) is 7. The lowest BCUT2D eigenvalue weighted by molar-refractivity contribution is 0.415. The molecule has 3 aromatic rings. The van der Waals surface area contributed by atoms with Crippen molar-refractivity contribution in [2.45, 2.75) is 0 Å². The summed E-state index contributed by atoms with van der Waals surface area (Å²) in [5.74, 6) is 6.94. The summed E-state index contributed by atoms with van der Waals surface area (Å²) in [4.78, 5) is 31.3. The molecule has 0 radical (unpaired) electrons. The molecule has 136 valence electrons. The Morgan fingerprint density at radius 3 is 2.50 bits per heavy atom. The molecule has 10 heteroatoms. The van der Waals surface area contributed by atoms with Crippen molar-refractivity contribution in [2.24, 2.45) is 25.7 Å². The monoisotopic (exact) mass is 357 g/mol. The van der Waals surface area contributed by atoms with Gasteiger partial charge in [-0.25, -0.2) is 15.6 Å². The highest BCUT2D eigenvalue weighted by Crippen LogP contribution is 2.18. The van der Waals surface area contributed by atoms with Gasteiger partial charge in [-0.2, -0.15) is 0 Å². The number of aryl methyl sites for hydroxylation is 1. The fourth-order valence-electron chi connectivity index (χ4n) is 2.50. The first-order valence-electron chi connectivity index (χ1n) is 7.65. The van der Waals surface area contributed by atoms with Crippen LogP contribution in [0.2, 0.25) is 0 Å². The second-order valence-electron chi connectivity index (χ2n) is 5.68. The smallest absolute Gasteiger partial charge is 0.332 e. The van der Waals surface area contributed by atoms with E-state index < -0.39 is 11.2 Å². The molecule has 0 saturated heterocycles. The zero-order valence-electron chi connectivity index (χ0n) is 14.6. The first kappa shape index (κ1) is 17.3. The fraction of sp³-hybridized carbons (Fsp3) is 0.188. The van der Waals surface area contributed by atoms with E-state index in [4.69, 9.17) is 16.3 Å². The molecule has 1 aromatic carbocycles. The van der Waals surface area contributed by atoms with Crippen molar-refractivity contribution >= 4 is 22.5 Å². The van der Waals surface area contributed by atoms with Crippen molar-refractivity contribution in [1.29, 1.82) is 0 Å². The number of aromatic nitrogens is 4. The van der Waals surface area contributed by atoms with Gasteiger partial charge in [-0.3, -0.25) is 18.9 Å². The molecule has 0 fully saturated rings. The molecule has 26 heavy (non-hydrogen) atoms. The SMILES string of the molecule is COc1ccc(N(N)/C=C(\N)c2nc3c([nH]2)c(=O)n(C)c(=O)n3C)cc1. The first-order valence-corrected chi connectivity index (χ1v) is 7.65. The average molecular weight is 357 g/mol. The minimum Gasteiger partial charge on any atom is -0.497 e. The predicted molar refractivity (Wildman–Crippen MR) is 98.4 cm³/mol. The fourth-order valence-corrected chi connectivity index (χ4v) is 2.50. The van der Waals surface area contributed by atoms with E-state index in [2.05, 4.69) is 9.97 Å². The standard InChI is InChI=1S/C16H19N7O3/c1-21-14-12(15(24)22(2)16(21)25)19-13(20-14)11(17)8-23(18)9-4-6-10(26-3)7-5-9/h4-8H,17-18H2,1-3H3,(H,19,20)/b11-8-. The Labute approximate surface area is 147 Å². The van der Waals surface area contributed by atoms with Crippen LogP contribution in [-0.2, 0) is 14.1 Å². The molecule has 5 N–H and O–H groups in total. The molecular formula is C16H19N7O3. The van der Waals surface area contributed by atoms with Crippen LogP contribution in [0.3, 0.4) is 0 Å². The molecule has 10 nitrogen and oxygen atoms in total. The van der Waals surface area contributed by atoms with Crippen LogP contribution in [0.4, 0.5) is 5.69 Å². The minimum atomic E-state index is -0.477. The number of anilines is 1. The number of imidazole rings is 1. The molecule has 0 atom stereocenters. The Hall–Kier alpha value is -3.53. The normalized spacial score (nSPS) is 11.8. The maximum atomic E-state index is 12.2. The van der Waals surface area contributed by atoms with Gasteiger partial charge in [0, 0.05) is 20.3 Å². The van der Waals surface area contributed by atoms with E-state index in [-0.39, 0.29) is 22.7 Å². The summed E-state index contributed by atoms with van der Waals surface area (Å²) in [6.45, 7) is 0. The van der Waals surface area contributed by atoms with Crippen molar-refractivity contribution in [1.82, 2.24) is 19.1 Å². The van der Waals surface area contributed by atoms with Gasteiger partial charge in [-0.05, 0) is 24.3 Å². The summed E-state index contributed by atoms with van der Waals surface area (Å²) in [5, 5.41) is 1.32. The van der Waals surface area contributed by atoms with Gasteiger partial charge in [0.1, 0.15) is 11.3 Å². The maximum absolute atomic E-state index is 12.2. The second-order valence-corrected chi connectivity index (χ2v) is 5.68. The maximum Gasteiger partial charge on any atom is 0.332 e. The van der Waals surface area contributed by atoms with Crippen LogP contribution in [0.15, 0.2) is 40.1 Å². The summed E-state index contributed by atoms with van der Waals surface area (Å²) in [5.41, 5.74) is 6.39. The zero-order chi connectivity index (χ0) is 19.0. The number of nitrogens with two attached hydrogens (primary N) is 2. The molecular weight excluding hydrogens is 338 g/mol. The summed E-state index contributed by atoms with van der Waals surface area (Å²) in [7, 11) is 4.50. The quantitative estimate of drug-likeness (QED) is 0.427. The summed E-state index contributed by atoms with van der Waals surface area (Å²) in [6, 6.07) is 7.06. The topological polar surface area (TPSA) is 137 Å². The number of fused-ring (bicyclic) bond motifs is 1. The molecule has 0 saturated carbocycles. The molecule has 0 amide bonds. The van der Waals surface area contributed by atoms with Gasteiger partial charge < -0.3 is 15.5 Å². The number of methoxy groups -OCH3 is 1. The van der Waals surface area contributed by atoms with Crippen LogP contribution >= 0.6 is 0 Å². The molecule has 0 aliphatic rings. The Morgan fingerprint density at radius 2 is 1.88 bits per heavy atom. The number of hydrazine groups is 1. The molecule has 0 aliphatic carbocycles. The van der Waals surface area contributed by atoms with Crippen LogP contribution in [0.1, 0.15) is 5.82 Å². The molecule has 2 heterocycles. The lowest BCUT2D eigenvalue weighted by Crippen LogP contribution is -2.36. The molecule has 0 spiro atoms. The van der Waals surface area contributed by atoms with E-state index in [0.29, 0.717) is 11.4 Å². The number of H-pyrrole nitrogens is 1. The van der Waals surface area contributed by atoms with Crippen LogP contribution in [0, 0.1) is 0 Å². The molecule has 0 unspecified atom stereocenters. The van der Waals surface area contributed by atoms with E-state index in [0.717, 1.165) is 4.57 Å². The highest BCUT2D eigenvalue weighted by atomic mass is 16.5. The lowest BCUT2D eigenvalue weighted by atomic mass is 10.3. The highest BCUT2D eigenvalue weighted by Gasteiger charge is 2.15. The highest BCUT2D eigenvalue weighted by molar-refractivity contribution is 5.75. The van der Waals surface area contributed by atoms with Crippen LogP contribution < -0.4 is 32.6 Å². The van der Waals surface area contributed by atoms with E-state index >= 15 is 0 Å². The Kier molecular flexibility index (Phi) is 4.26. The van der Waals surface area contributed by atoms with Crippen molar-refractivity contribution < 1.29 is 4.74 Å². The van der Waals surface area contributed by atoms with Gasteiger partial charge in [0.25, 0.3) is 5.56 Å². The van der Waals surface area contributed by atoms with Gasteiger partial charge in [0.2, 0.25) is 0 Å². The van der Waals surface area contributed by atoms with E-state index in [1.165, 1.54) is 29.9 Å². The van der Waals surface area contributed by atoms with Crippen LogP contribution in [-0.4, -0.2) is 26.2 Å². The molecule has 0 bridgehead atoms. The summed E-state index contributed by atoms with van der Waals surface area (Å²) < 4.78 is 7.37. The zero-order valence-corrected chi connectivity index (χ0v) is 14.6. The number of hydrogen-bond donors (Lipinski definition) is 3. The number of ether oxygens (including phenoxy) is 1. The second kappa shape index (κ2) is 6.41. The summed E-state index contributed by atoms with van der Waals surface area (Å²) >= 11 is 0. The number of aromatic amines is 1. The van der Waals surface area contributed by atoms with Gasteiger partial charge >= 0.3 is 5.69 Å². The van der Waals surface area contributed by atoms with Gasteiger partial charge in [-0.15, -0.1) is 0 Å². The number of nitrogens with one attached hydrogen (secondary N) is 1. The van der Waals surface area contributed by atoms with Crippen LogP contribution in [0.5, 0.6) is 5.75 Å². The number of benzene rings is 1. The van der Waals surface area contributed by atoms with Crippen molar-refractivity contribution in [3.8, 4) is 5.75 Å². The van der Waals surface area contributed by atoms with Gasteiger partial charge in [0.15, 0.2) is 11.5 Å². The molecule has 0 aliphatic heterocycles. The van der Waals surface area contributed by atoms with Crippen molar-refractivity contribution in [2.75, 3.05) is 12.1 Å². The Bertz CT molecular complexity index is 1110. The van der Waals surface area contributed by atoms with Gasteiger partial charge in [0.05, 0.1) is 18.5 Å².